The van der Waals surface area contributed by atoms with Crippen LogP contribution in [0.3, 0.4) is 0 Å². The molecule has 1 aromatic carbocycles. The molecule has 1 heterocycles. The Balaban J connectivity index is 2.09. The molecule has 0 amide bonds. The Labute approximate surface area is 128 Å². The molecule has 4 nitrogen and oxygen atoms in total. The maximum absolute atomic E-state index is 12.6. The van der Waals surface area contributed by atoms with E-state index in [1.54, 1.807) is 16.4 Å². The summed E-state index contributed by atoms with van der Waals surface area (Å²) in [6.45, 7) is 6.47. The number of hydrogen-bond donors (Lipinski definition) is 1. The number of nitrogens with zero attached hydrogens (tertiary/aromatic N) is 1. The first-order chi connectivity index (χ1) is 10.00. The van der Waals surface area contributed by atoms with Gasteiger partial charge in [-0.05, 0) is 43.0 Å². The van der Waals surface area contributed by atoms with Crippen LogP contribution in [0, 0.1) is 5.92 Å². The molecule has 0 bridgehead atoms. The zero-order valence-electron chi connectivity index (χ0n) is 13.0. The minimum Gasteiger partial charge on any atom is -0.385 e. The van der Waals surface area contributed by atoms with Gasteiger partial charge in [-0.2, -0.15) is 4.31 Å². The zero-order chi connectivity index (χ0) is 15.3. The second kappa shape index (κ2) is 7.27. The Morgan fingerprint density at radius 2 is 1.62 bits per heavy atom. The largest absolute Gasteiger partial charge is 0.385 e. The van der Waals surface area contributed by atoms with Crippen LogP contribution in [-0.2, 0) is 10.0 Å². The van der Waals surface area contributed by atoms with Gasteiger partial charge in [-0.15, -0.1) is 0 Å². The Morgan fingerprint density at radius 1 is 1.05 bits per heavy atom. The fraction of sp³-hybridized carbons (Fsp3) is 0.625. The van der Waals surface area contributed by atoms with Crippen molar-refractivity contribution in [2.45, 2.75) is 44.4 Å². The molecule has 1 fully saturated rings. The van der Waals surface area contributed by atoms with Crippen molar-refractivity contribution in [3.63, 3.8) is 0 Å². The van der Waals surface area contributed by atoms with Gasteiger partial charge in [-0.25, -0.2) is 8.42 Å². The predicted octanol–water partition coefficient (Wildman–Crippen LogP) is 3.32. The van der Waals surface area contributed by atoms with E-state index >= 15 is 0 Å². The van der Waals surface area contributed by atoms with E-state index in [0.717, 1.165) is 37.9 Å². The lowest BCUT2D eigenvalue weighted by Gasteiger charge is -2.20. The van der Waals surface area contributed by atoms with Crippen LogP contribution < -0.4 is 5.32 Å². The third kappa shape index (κ3) is 4.45. The summed E-state index contributed by atoms with van der Waals surface area (Å²) in [6.07, 6.45) is 4.19. The number of nitrogens with one attached hydrogen (secondary N) is 1. The summed E-state index contributed by atoms with van der Waals surface area (Å²) in [5, 5.41) is 3.30. The molecular formula is C16H26N2O2S. The summed E-state index contributed by atoms with van der Waals surface area (Å²) < 4.78 is 26.9. The average Bonchev–Trinajstić information content (AvgIpc) is 2.75. The van der Waals surface area contributed by atoms with Crippen LogP contribution in [0.4, 0.5) is 5.69 Å². The van der Waals surface area contributed by atoms with Gasteiger partial charge in [-0.1, -0.05) is 26.7 Å². The van der Waals surface area contributed by atoms with Crippen LogP contribution in [0.25, 0.3) is 0 Å². The molecule has 0 spiro atoms. The summed E-state index contributed by atoms with van der Waals surface area (Å²) >= 11 is 0. The van der Waals surface area contributed by atoms with Gasteiger partial charge < -0.3 is 5.32 Å². The van der Waals surface area contributed by atoms with E-state index in [2.05, 4.69) is 19.2 Å². The molecule has 118 valence electrons. The monoisotopic (exact) mass is 310 g/mol. The first-order valence-corrected chi connectivity index (χ1v) is 9.28. The number of sulfonamides is 1. The van der Waals surface area contributed by atoms with E-state index in [0.29, 0.717) is 23.9 Å². The fourth-order valence-electron chi connectivity index (χ4n) is 2.50. The first-order valence-electron chi connectivity index (χ1n) is 7.84. The van der Waals surface area contributed by atoms with Gasteiger partial charge in [0, 0.05) is 25.3 Å². The van der Waals surface area contributed by atoms with Crippen molar-refractivity contribution in [2.75, 3.05) is 25.0 Å². The van der Waals surface area contributed by atoms with E-state index in [9.17, 15) is 8.42 Å². The lowest BCUT2D eigenvalue weighted by atomic mass is 10.2. The molecule has 1 aliphatic heterocycles. The summed E-state index contributed by atoms with van der Waals surface area (Å²) in [4.78, 5) is 0.402. The van der Waals surface area contributed by atoms with Gasteiger partial charge in [0.1, 0.15) is 0 Å². The van der Waals surface area contributed by atoms with E-state index in [4.69, 9.17) is 0 Å². The van der Waals surface area contributed by atoms with Crippen molar-refractivity contribution in [2.24, 2.45) is 5.92 Å². The first kappa shape index (κ1) is 16.3. The summed E-state index contributed by atoms with van der Waals surface area (Å²) in [5.74, 6) is 0.561. The van der Waals surface area contributed by atoms with Crippen LogP contribution in [0.2, 0.25) is 0 Å². The van der Waals surface area contributed by atoms with Crippen LogP contribution >= 0.6 is 0 Å². The molecular weight excluding hydrogens is 284 g/mol. The average molecular weight is 310 g/mol. The molecule has 0 aromatic heterocycles. The Kier molecular flexibility index (Phi) is 5.65. The second-order valence-corrected chi connectivity index (χ2v) is 8.06. The van der Waals surface area contributed by atoms with Crippen LogP contribution in [0.1, 0.15) is 39.5 Å². The molecule has 0 atom stereocenters. The van der Waals surface area contributed by atoms with Gasteiger partial charge in [-0.3, -0.25) is 0 Å². The minimum atomic E-state index is -3.33. The van der Waals surface area contributed by atoms with Crippen molar-refractivity contribution in [1.29, 1.82) is 0 Å². The van der Waals surface area contributed by atoms with Gasteiger partial charge >= 0.3 is 0 Å². The van der Waals surface area contributed by atoms with E-state index in [-0.39, 0.29) is 0 Å². The molecule has 1 aromatic rings. The lowest BCUT2D eigenvalue weighted by molar-refractivity contribution is 0.424. The third-order valence-electron chi connectivity index (χ3n) is 3.77. The molecule has 0 unspecified atom stereocenters. The summed E-state index contributed by atoms with van der Waals surface area (Å²) in [5.41, 5.74) is 0.971. The molecule has 1 aliphatic rings. The molecule has 0 saturated carbocycles. The molecule has 2 rings (SSSR count). The zero-order valence-corrected chi connectivity index (χ0v) is 13.8. The quantitative estimate of drug-likeness (QED) is 0.907. The van der Waals surface area contributed by atoms with Crippen molar-refractivity contribution in [1.82, 2.24) is 4.31 Å². The van der Waals surface area contributed by atoms with Gasteiger partial charge in [0.25, 0.3) is 0 Å². The molecule has 5 heteroatoms. The lowest BCUT2D eigenvalue weighted by Crippen LogP contribution is -2.31. The number of hydrogen-bond acceptors (Lipinski definition) is 3. The van der Waals surface area contributed by atoms with Crippen molar-refractivity contribution in [3.8, 4) is 0 Å². The maximum atomic E-state index is 12.6. The highest BCUT2D eigenvalue weighted by Crippen LogP contribution is 2.21. The highest BCUT2D eigenvalue weighted by atomic mass is 32.2. The maximum Gasteiger partial charge on any atom is 0.243 e. The van der Waals surface area contributed by atoms with Gasteiger partial charge in [0.2, 0.25) is 10.0 Å². The van der Waals surface area contributed by atoms with Crippen LogP contribution in [0.5, 0.6) is 0 Å². The highest BCUT2D eigenvalue weighted by Gasteiger charge is 2.24. The minimum absolute atomic E-state index is 0.402. The van der Waals surface area contributed by atoms with Gasteiger partial charge in [0.15, 0.2) is 0 Å². The normalized spacial score (nSPS) is 17.7. The van der Waals surface area contributed by atoms with Crippen LogP contribution in [0.15, 0.2) is 29.2 Å². The standard InChI is InChI=1S/C16H26N2O2S/c1-14(2)13-17-15-7-9-16(10-8-15)21(19,20)18-11-5-3-4-6-12-18/h7-10,14,17H,3-6,11-13H2,1-2H3. The van der Waals surface area contributed by atoms with Crippen LogP contribution in [-0.4, -0.2) is 32.4 Å². The molecule has 0 aliphatic carbocycles. The molecule has 0 radical (unpaired) electrons. The molecule has 21 heavy (non-hydrogen) atoms. The highest BCUT2D eigenvalue weighted by molar-refractivity contribution is 7.89. The van der Waals surface area contributed by atoms with Crippen molar-refractivity contribution in [3.05, 3.63) is 24.3 Å². The Hall–Kier alpha value is -1.07. The van der Waals surface area contributed by atoms with Crippen molar-refractivity contribution < 1.29 is 8.42 Å². The number of rotatable bonds is 5. The topological polar surface area (TPSA) is 49.4 Å². The van der Waals surface area contributed by atoms with E-state index < -0.39 is 10.0 Å². The number of anilines is 1. The third-order valence-corrected chi connectivity index (χ3v) is 5.68. The Bertz CT molecular complexity index is 530. The smallest absolute Gasteiger partial charge is 0.243 e. The number of benzene rings is 1. The molecule has 1 saturated heterocycles. The SMILES string of the molecule is CC(C)CNc1ccc(S(=O)(=O)N2CCCCCC2)cc1. The van der Waals surface area contributed by atoms with Crippen molar-refractivity contribution >= 4 is 15.7 Å². The molecule has 1 N–H and O–H groups in total. The fourth-order valence-corrected chi connectivity index (χ4v) is 4.01. The Morgan fingerprint density at radius 3 is 2.14 bits per heavy atom. The summed E-state index contributed by atoms with van der Waals surface area (Å²) in [7, 11) is -3.33. The van der Waals surface area contributed by atoms with E-state index in [1.807, 2.05) is 12.1 Å². The van der Waals surface area contributed by atoms with E-state index in [1.165, 1.54) is 0 Å². The predicted molar refractivity (Wildman–Crippen MR) is 87.0 cm³/mol. The van der Waals surface area contributed by atoms with Gasteiger partial charge in [0.05, 0.1) is 4.90 Å². The summed E-state index contributed by atoms with van der Waals surface area (Å²) in [6, 6.07) is 7.13. The second-order valence-electron chi connectivity index (χ2n) is 6.12.